The molecule has 1 heterocycles. The summed E-state index contributed by atoms with van der Waals surface area (Å²) in [5, 5.41) is 12.6. The van der Waals surface area contributed by atoms with E-state index >= 15 is 0 Å². The molecule has 0 fully saturated rings. The predicted octanol–water partition coefficient (Wildman–Crippen LogP) is 3.58. The Labute approximate surface area is 144 Å². The minimum atomic E-state index is -0.431. The van der Waals surface area contributed by atoms with Gasteiger partial charge in [0.1, 0.15) is 17.4 Å². The summed E-state index contributed by atoms with van der Waals surface area (Å²) in [7, 11) is 1.59. The highest BCUT2D eigenvalue weighted by atomic mass is 32.1. The van der Waals surface area contributed by atoms with Gasteiger partial charge >= 0.3 is 0 Å². The van der Waals surface area contributed by atoms with Crippen LogP contribution in [0.1, 0.15) is 29.0 Å². The second-order valence-corrected chi connectivity index (χ2v) is 6.58. The maximum Gasteiger partial charge on any atom is 0.268 e. The van der Waals surface area contributed by atoms with Crippen LogP contribution in [0.5, 0.6) is 5.75 Å². The number of carbonyl (C=O) groups is 1. The van der Waals surface area contributed by atoms with Crippen LogP contribution in [0.3, 0.4) is 0 Å². The Morgan fingerprint density at radius 1 is 1.33 bits per heavy atom. The zero-order valence-electron chi connectivity index (χ0n) is 13.3. The van der Waals surface area contributed by atoms with Crippen molar-refractivity contribution in [2.75, 3.05) is 12.4 Å². The Kier molecular flexibility index (Phi) is 4.92. The molecule has 1 aliphatic carbocycles. The van der Waals surface area contributed by atoms with Gasteiger partial charge in [-0.2, -0.15) is 5.26 Å². The molecular formula is C18H17N3O2S. The number of aromatic nitrogens is 1. The lowest BCUT2D eigenvalue weighted by Crippen LogP contribution is -2.13. The summed E-state index contributed by atoms with van der Waals surface area (Å²) in [6.07, 6.45) is 5.86. The molecule has 0 saturated carbocycles. The number of nitrogens with one attached hydrogen (secondary N) is 1. The number of ether oxygens (including phenoxy) is 1. The first-order valence-corrected chi connectivity index (χ1v) is 8.57. The van der Waals surface area contributed by atoms with E-state index in [0.29, 0.717) is 5.13 Å². The zero-order chi connectivity index (χ0) is 16.9. The zero-order valence-corrected chi connectivity index (χ0v) is 14.2. The third-order valence-corrected chi connectivity index (χ3v) is 4.93. The summed E-state index contributed by atoms with van der Waals surface area (Å²) in [6.45, 7) is 0. The van der Waals surface area contributed by atoms with Crippen LogP contribution >= 0.6 is 11.3 Å². The summed E-state index contributed by atoms with van der Waals surface area (Å²) in [5.74, 6) is 0.294. The van der Waals surface area contributed by atoms with Crippen LogP contribution in [0.25, 0.3) is 6.08 Å². The van der Waals surface area contributed by atoms with E-state index in [4.69, 9.17) is 4.74 Å². The molecule has 1 aliphatic rings. The number of methoxy groups -OCH3 is 1. The van der Waals surface area contributed by atoms with Gasteiger partial charge in [0.25, 0.3) is 5.91 Å². The van der Waals surface area contributed by atoms with Crippen LogP contribution in [0, 0.1) is 11.3 Å². The van der Waals surface area contributed by atoms with Crippen LogP contribution in [-0.4, -0.2) is 18.0 Å². The number of nitrogens with zero attached hydrogens (tertiary/aromatic N) is 2. The van der Waals surface area contributed by atoms with Crippen LogP contribution in [0.15, 0.2) is 29.8 Å². The monoisotopic (exact) mass is 339 g/mol. The fourth-order valence-electron chi connectivity index (χ4n) is 2.59. The molecule has 122 valence electrons. The number of benzene rings is 1. The van der Waals surface area contributed by atoms with E-state index in [9.17, 15) is 10.1 Å². The average molecular weight is 339 g/mol. The van der Waals surface area contributed by atoms with Crippen molar-refractivity contribution >= 4 is 28.5 Å². The number of aryl methyl sites for hydroxylation is 2. The lowest BCUT2D eigenvalue weighted by Gasteiger charge is -2.06. The standard InChI is InChI=1S/C18H17N3O2S/c1-23-14-8-6-12(7-9-14)10-13(11-19)17(22)21-18-20-15-4-2-3-5-16(15)24-18/h6-10H,2-5H2,1H3,(H,20,21,22)/b13-10+. The second-order valence-electron chi connectivity index (χ2n) is 5.49. The SMILES string of the molecule is COc1ccc(/C=C(\C#N)C(=O)Nc2nc3c(s2)CCCC3)cc1. The fraction of sp³-hybridized carbons (Fsp3) is 0.278. The van der Waals surface area contributed by atoms with E-state index in [1.807, 2.05) is 6.07 Å². The molecule has 0 bridgehead atoms. The highest BCUT2D eigenvalue weighted by Crippen LogP contribution is 2.29. The van der Waals surface area contributed by atoms with Crippen LogP contribution in [0.2, 0.25) is 0 Å². The maximum absolute atomic E-state index is 12.3. The molecule has 0 aliphatic heterocycles. The normalized spacial score (nSPS) is 13.8. The summed E-state index contributed by atoms with van der Waals surface area (Å²) in [5.41, 5.74) is 1.90. The first kappa shape index (κ1) is 16.2. The summed E-state index contributed by atoms with van der Waals surface area (Å²) in [6, 6.07) is 9.12. The maximum atomic E-state index is 12.3. The van der Waals surface area contributed by atoms with Crippen molar-refractivity contribution < 1.29 is 9.53 Å². The fourth-order valence-corrected chi connectivity index (χ4v) is 3.63. The molecule has 0 radical (unpaired) electrons. The van der Waals surface area contributed by atoms with Gasteiger partial charge in [-0.3, -0.25) is 10.1 Å². The van der Waals surface area contributed by atoms with Gasteiger partial charge in [-0.15, -0.1) is 11.3 Å². The average Bonchev–Trinajstić information content (AvgIpc) is 3.02. The predicted molar refractivity (Wildman–Crippen MR) is 94.0 cm³/mol. The summed E-state index contributed by atoms with van der Waals surface area (Å²) < 4.78 is 5.09. The Morgan fingerprint density at radius 2 is 2.08 bits per heavy atom. The Morgan fingerprint density at radius 3 is 2.75 bits per heavy atom. The van der Waals surface area contributed by atoms with Crippen LogP contribution in [-0.2, 0) is 17.6 Å². The number of hydrogen-bond acceptors (Lipinski definition) is 5. The third kappa shape index (κ3) is 3.63. The van der Waals surface area contributed by atoms with E-state index in [2.05, 4.69) is 10.3 Å². The number of hydrogen-bond donors (Lipinski definition) is 1. The second kappa shape index (κ2) is 7.28. The van der Waals surface area contributed by atoms with Crippen molar-refractivity contribution in [1.82, 2.24) is 4.98 Å². The number of thiazole rings is 1. The molecule has 1 N–H and O–H groups in total. The molecule has 0 spiro atoms. The molecule has 2 aromatic rings. The minimum Gasteiger partial charge on any atom is -0.497 e. The molecule has 1 aromatic carbocycles. The Balaban J connectivity index is 1.75. The van der Waals surface area contributed by atoms with Gasteiger partial charge < -0.3 is 4.74 Å². The van der Waals surface area contributed by atoms with E-state index < -0.39 is 5.91 Å². The van der Waals surface area contributed by atoms with Gasteiger partial charge in [0.15, 0.2) is 5.13 Å². The van der Waals surface area contributed by atoms with Crippen molar-refractivity contribution in [3.63, 3.8) is 0 Å². The lowest BCUT2D eigenvalue weighted by atomic mass is 10.0. The molecular weight excluding hydrogens is 322 g/mol. The quantitative estimate of drug-likeness (QED) is 0.682. The van der Waals surface area contributed by atoms with Crippen molar-refractivity contribution in [3.8, 4) is 11.8 Å². The van der Waals surface area contributed by atoms with Crippen molar-refractivity contribution in [1.29, 1.82) is 5.26 Å². The van der Waals surface area contributed by atoms with Gasteiger partial charge in [-0.1, -0.05) is 12.1 Å². The van der Waals surface area contributed by atoms with Gasteiger partial charge in [-0.05, 0) is 49.5 Å². The van der Waals surface area contributed by atoms with Gasteiger partial charge in [0.05, 0.1) is 12.8 Å². The Hall–Kier alpha value is -2.65. The van der Waals surface area contributed by atoms with E-state index in [1.165, 1.54) is 22.6 Å². The first-order chi connectivity index (χ1) is 11.7. The molecule has 5 nitrogen and oxygen atoms in total. The molecule has 0 atom stereocenters. The number of carbonyl (C=O) groups excluding carboxylic acids is 1. The molecule has 0 unspecified atom stereocenters. The topological polar surface area (TPSA) is 75.0 Å². The van der Waals surface area contributed by atoms with E-state index in [0.717, 1.165) is 36.3 Å². The number of fused-ring (bicyclic) bond motifs is 1. The molecule has 24 heavy (non-hydrogen) atoms. The minimum absolute atomic E-state index is 0.0494. The molecule has 6 heteroatoms. The van der Waals surface area contributed by atoms with Gasteiger partial charge in [-0.25, -0.2) is 4.98 Å². The summed E-state index contributed by atoms with van der Waals surface area (Å²) >= 11 is 1.51. The Bertz CT molecular complexity index is 792. The number of anilines is 1. The highest BCUT2D eigenvalue weighted by molar-refractivity contribution is 7.15. The molecule has 3 rings (SSSR count). The smallest absolute Gasteiger partial charge is 0.268 e. The van der Waals surface area contributed by atoms with Gasteiger partial charge in [0.2, 0.25) is 0 Å². The number of rotatable bonds is 4. The molecule has 1 amide bonds. The van der Waals surface area contributed by atoms with Crippen molar-refractivity contribution in [2.24, 2.45) is 0 Å². The lowest BCUT2D eigenvalue weighted by molar-refractivity contribution is -0.112. The van der Waals surface area contributed by atoms with Crippen LogP contribution in [0.4, 0.5) is 5.13 Å². The summed E-state index contributed by atoms with van der Waals surface area (Å²) in [4.78, 5) is 18.0. The van der Waals surface area contributed by atoms with Gasteiger partial charge in [0, 0.05) is 4.88 Å². The number of nitriles is 1. The molecule has 1 aromatic heterocycles. The van der Waals surface area contributed by atoms with E-state index in [-0.39, 0.29) is 5.57 Å². The van der Waals surface area contributed by atoms with E-state index in [1.54, 1.807) is 37.5 Å². The largest absolute Gasteiger partial charge is 0.497 e. The first-order valence-electron chi connectivity index (χ1n) is 7.75. The molecule has 0 saturated heterocycles. The van der Waals surface area contributed by atoms with Crippen molar-refractivity contribution in [2.45, 2.75) is 25.7 Å². The van der Waals surface area contributed by atoms with Crippen LogP contribution < -0.4 is 10.1 Å². The van der Waals surface area contributed by atoms with Crippen molar-refractivity contribution in [3.05, 3.63) is 46.0 Å². The highest BCUT2D eigenvalue weighted by Gasteiger charge is 2.17. The number of amides is 1. The third-order valence-electron chi connectivity index (χ3n) is 3.86.